The Balaban J connectivity index is 2.94. The van der Waals surface area contributed by atoms with Gasteiger partial charge >= 0.3 is 0 Å². The zero-order chi connectivity index (χ0) is 13.4. The maximum absolute atomic E-state index is 12.1. The molecule has 0 saturated carbocycles. The van der Waals surface area contributed by atoms with E-state index in [-0.39, 0.29) is 5.78 Å². The molecular formula is C14H19ClO3. The number of ether oxygens (including phenoxy) is 2. The van der Waals surface area contributed by atoms with E-state index in [0.717, 1.165) is 0 Å². The Bertz CT molecular complexity index is 391. The van der Waals surface area contributed by atoms with Crippen LogP contribution in [0, 0.1) is 0 Å². The third-order valence-electron chi connectivity index (χ3n) is 2.40. The molecule has 3 nitrogen and oxygen atoms in total. The maximum Gasteiger partial charge on any atom is 0.166 e. The largest absolute Gasteiger partial charge is 0.494 e. The van der Waals surface area contributed by atoms with Crippen LogP contribution in [0.3, 0.4) is 0 Å². The number of benzene rings is 1. The lowest BCUT2D eigenvalue weighted by Crippen LogP contribution is -2.05. The number of Topliss-reactive ketones (excluding diaryl/α,β-unsaturated/α-hetero) is 1. The average molecular weight is 271 g/mol. The highest BCUT2D eigenvalue weighted by Gasteiger charge is 2.13. The van der Waals surface area contributed by atoms with Crippen molar-refractivity contribution in [3.05, 3.63) is 23.8 Å². The van der Waals surface area contributed by atoms with E-state index in [1.807, 2.05) is 19.9 Å². The molecule has 4 heteroatoms. The van der Waals surface area contributed by atoms with Crippen molar-refractivity contribution in [2.45, 2.75) is 26.7 Å². The Morgan fingerprint density at radius 1 is 1.22 bits per heavy atom. The van der Waals surface area contributed by atoms with E-state index < -0.39 is 0 Å². The number of ketones is 1. The van der Waals surface area contributed by atoms with E-state index in [1.54, 1.807) is 12.1 Å². The minimum atomic E-state index is 0.0423. The number of carbonyl (C=O) groups excluding carboxylic acids is 1. The summed E-state index contributed by atoms with van der Waals surface area (Å²) in [5.41, 5.74) is 0.577. The third-order valence-corrected chi connectivity index (χ3v) is 2.67. The molecule has 0 unspecified atom stereocenters. The second-order valence-electron chi connectivity index (χ2n) is 3.74. The van der Waals surface area contributed by atoms with Crippen LogP contribution in [0.5, 0.6) is 11.5 Å². The first kappa shape index (κ1) is 14.8. The van der Waals surface area contributed by atoms with Crippen molar-refractivity contribution in [1.82, 2.24) is 0 Å². The number of halogens is 1. The molecule has 0 aliphatic rings. The molecule has 0 N–H and O–H groups in total. The van der Waals surface area contributed by atoms with Crippen LogP contribution in [0.15, 0.2) is 18.2 Å². The van der Waals surface area contributed by atoms with Crippen LogP contribution in [0.25, 0.3) is 0 Å². The molecule has 0 radical (unpaired) electrons. The number of hydrogen-bond donors (Lipinski definition) is 0. The molecule has 0 aliphatic carbocycles. The van der Waals surface area contributed by atoms with E-state index in [4.69, 9.17) is 21.1 Å². The van der Waals surface area contributed by atoms with Crippen molar-refractivity contribution < 1.29 is 14.3 Å². The summed E-state index contributed by atoms with van der Waals surface area (Å²) in [4.78, 5) is 12.1. The molecule has 0 aromatic heterocycles. The molecule has 0 aliphatic heterocycles. The normalized spacial score (nSPS) is 10.2. The third kappa shape index (κ3) is 4.22. The molecule has 100 valence electrons. The van der Waals surface area contributed by atoms with E-state index in [1.165, 1.54) is 0 Å². The quantitative estimate of drug-likeness (QED) is 0.534. The van der Waals surface area contributed by atoms with Crippen LogP contribution >= 0.6 is 11.6 Å². The van der Waals surface area contributed by atoms with Crippen molar-refractivity contribution in [1.29, 1.82) is 0 Å². The molecule has 0 fully saturated rings. The summed E-state index contributed by atoms with van der Waals surface area (Å²) < 4.78 is 10.9. The number of carbonyl (C=O) groups is 1. The summed E-state index contributed by atoms with van der Waals surface area (Å²) in [6.45, 7) is 4.90. The van der Waals surface area contributed by atoms with E-state index in [0.29, 0.717) is 49.0 Å². The summed E-state index contributed by atoms with van der Waals surface area (Å²) in [7, 11) is 0. The van der Waals surface area contributed by atoms with Crippen molar-refractivity contribution in [3.8, 4) is 11.5 Å². The van der Waals surface area contributed by atoms with Gasteiger partial charge in [0.05, 0.1) is 18.8 Å². The average Bonchev–Trinajstić information content (AvgIpc) is 2.38. The first-order valence-electron chi connectivity index (χ1n) is 6.21. The lowest BCUT2D eigenvalue weighted by molar-refractivity contribution is 0.0977. The van der Waals surface area contributed by atoms with Crippen LogP contribution in [-0.2, 0) is 0 Å². The Hall–Kier alpha value is -1.22. The summed E-state index contributed by atoms with van der Waals surface area (Å²) in [6, 6.07) is 5.33. The number of alkyl halides is 1. The summed E-state index contributed by atoms with van der Waals surface area (Å²) in [5, 5.41) is 0. The maximum atomic E-state index is 12.1. The van der Waals surface area contributed by atoms with Crippen molar-refractivity contribution in [2.24, 2.45) is 0 Å². The van der Waals surface area contributed by atoms with Gasteiger partial charge in [-0.15, -0.1) is 11.6 Å². The van der Waals surface area contributed by atoms with Crippen molar-refractivity contribution in [2.75, 3.05) is 19.1 Å². The van der Waals surface area contributed by atoms with Crippen LogP contribution in [-0.4, -0.2) is 24.9 Å². The fourth-order valence-corrected chi connectivity index (χ4v) is 1.76. The molecule has 0 saturated heterocycles. The Labute approximate surface area is 113 Å². The molecule has 0 spiro atoms. The minimum absolute atomic E-state index is 0.0423. The highest BCUT2D eigenvalue weighted by atomic mass is 35.5. The van der Waals surface area contributed by atoms with E-state index >= 15 is 0 Å². The fraction of sp³-hybridized carbons (Fsp3) is 0.500. The minimum Gasteiger partial charge on any atom is -0.494 e. The van der Waals surface area contributed by atoms with Crippen LogP contribution in [0.4, 0.5) is 0 Å². The SMILES string of the molecule is CCOc1ccc(OCC)c(C(=O)CCCCl)c1. The summed E-state index contributed by atoms with van der Waals surface area (Å²) in [5.74, 6) is 1.83. The highest BCUT2D eigenvalue weighted by molar-refractivity contribution is 6.18. The first-order chi connectivity index (χ1) is 8.72. The second kappa shape index (κ2) is 7.98. The standard InChI is InChI=1S/C14H19ClO3/c1-3-17-11-7-8-14(18-4-2)12(10-11)13(16)6-5-9-15/h7-8,10H,3-6,9H2,1-2H3. The van der Waals surface area contributed by atoms with Gasteiger partial charge in [0.1, 0.15) is 11.5 Å². The van der Waals surface area contributed by atoms with Gasteiger partial charge in [-0.1, -0.05) is 0 Å². The van der Waals surface area contributed by atoms with Gasteiger partial charge in [0.25, 0.3) is 0 Å². The van der Waals surface area contributed by atoms with Gasteiger partial charge in [-0.25, -0.2) is 0 Å². The van der Waals surface area contributed by atoms with Gasteiger partial charge in [-0.05, 0) is 38.5 Å². The number of hydrogen-bond acceptors (Lipinski definition) is 3. The van der Waals surface area contributed by atoms with Gasteiger partial charge in [0.15, 0.2) is 5.78 Å². The van der Waals surface area contributed by atoms with Crippen LogP contribution < -0.4 is 9.47 Å². The van der Waals surface area contributed by atoms with Crippen LogP contribution in [0.1, 0.15) is 37.0 Å². The van der Waals surface area contributed by atoms with E-state index in [2.05, 4.69) is 0 Å². The van der Waals surface area contributed by atoms with Crippen molar-refractivity contribution >= 4 is 17.4 Å². The van der Waals surface area contributed by atoms with Gasteiger partial charge in [-0.2, -0.15) is 0 Å². The van der Waals surface area contributed by atoms with Gasteiger partial charge in [-0.3, -0.25) is 4.79 Å². The highest BCUT2D eigenvalue weighted by Crippen LogP contribution is 2.26. The molecule has 1 aromatic carbocycles. The smallest absolute Gasteiger partial charge is 0.166 e. The lowest BCUT2D eigenvalue weighted by Gasteiger charge is -2.11. The number of rotatable bonds is 8. The summed E-state index contributed by atoms with van der Waals surface area (Å²) in [6.07, 6.45) is 1.10. The molecular weight excluding hydrogens is 252 g/mol. The monoisotopic (exact) mass is 270 g/mol. The van der Waals surface area contributed by atoms with E-state index in [9.17, 15) is 4.79 Å². The predicted octanol–water partition coefficient (Wildman–Crippen LogP) is 3.69. The first-order valence-corrected chi connectivity index (χ1v) is 6.75. The second-order valence-corrected chi connectivity index (χ2v) is 4.12. The van der Waals surface area contributed by atoms with Gasteiger partial charge in [0, 0.05) is 12.3 Å². The van der Waals surface area contributed by atoms with Gasteiger partial charge < -0.3 is 9.47 Å². The Kier molecular flexibility index (Phi) is 6.58. The predicted molar refractivity (Wildman–Crippen MR) is 73.1 cm³/mol. The zero-order valence-corrected chi connectivity index (χ0v) is 11.6. The molecule has 0 bridgehead atoms. The van der Waals surface area contributed by atoms with Gasteiger partial charge in [0.2, 0.25) is 0 Å². The topological polar surface area (TPSA) is 35.5 Å². The van der Waals surface area contributed by atoms with Crippen LogP contribution in [0.2, 0.25) is 0 Å². The summed E-state index contributed by atoms with van der Waals surface area (Å²) >= 11 is 5.61. The zero-order valence-electron chi connectivity index (χ0n) is 10.9. The molecule has 18 heavy (non-hydrogen) atoms. The fourth-order valence-electron chi connectivity index (χ4n) is 1.63. The van der Waals surface area contributed by atoms with Crippen molar-refractivity contribution in [3.63, 3.8) is 0 Å². The Morgan fingerprint density at radius 2 is 1.94 bits per heavy atom. The lowest BCUT2D eigenvalue weighted by atomic mass is 10.1. The molecule has 1 rings (SSSR count). The molecule has 0 atom stereocenters. The molecule has 0 amide bonds. The molecule has 0 heterocycles. The molecule has 1 aromatic rings. The Morgan fingerprint density at radius 3 is 2.56 bits per heavy atom.